The van der Waals surface area contributed by atoms with Gasteiger partial charge in [-0.2, -0.15) is 15.0 Å². The minimum absolute atomic E-state index is 0.113. The fourth-order valence-electron chi connectivity index (χ4n) is 2.68. The Bertz CT molecular complexity index is 847. The number of amides is 1. The highest BCUT2D eigenvalue weighted by atomic mass is 28.4. The maximum absolute atomic E-state index is 13.3. The summed E-state index contributed by atoms with van der Waals surface area (Å²) in [4.78, 5) is 27.3. The van der Waals surface area contributed by atoms with Gasteiger partial charge in [0.05, 0.1) is 30.1 Å². The third-order valence-electron chi connectivity index (χ3n) is 5.49. The molecule has 0 spiro atoms. The standard InChI is InChI=1S/C21H32N4O4Si/c1-21(2,3)30(4,5)29-16-8-14-24(15-11-19(26)27)20(28)17-9-6-7-10-18(17)25-22-12-13-23-25/h6-7,9-10,12-13H,8,11,14-16H2,1-5H3,(H,26,27). The van der Waals surface area contributed by atoms with Crippen molar-refractivity contribution >= 4 is 20.2 Å². The van der Waals surface area contributed by atoms with E-state index in [1.807, 2.05) is 6.07 Å². The van der Waals surface area contributed by atoms with Crippen molar-refractivity contribution in [3.63, 3.8) is 0 Å². The van der Waals surface area contributed by atoms with Gasteiger partial charge in [-0.1, -0.05) is 32.9 Å². The molecule has 1 aromatic carbocycles. The quantitative estimate of drug-likeness (QED) is 0.455. The van der Waals surface area contributed by atoms with E-state index in [-0.39, 0.29) is 23.9 Å². The Balaban J connectivity index is 2.12. The lowest BCUT2D eigenvalue weighted by atomic mass is 10.1. The summed E-state index contributed by atoms with van der Waals surface area (Å²) < 4.78 is 6.20. The summed E-state index contributed by atoms with van der Waals surface area (Å²) in [6.07, 6.45) is 3.61. The van der Waals surface area contributed by atoms with Gasteiger partial charge in [0.1, 0.15) is 0 Å². The van der Waals surface area contributed by atoms with Crippen LogP contribution in [0.25, 0.3) is 5.69 Å². The Morgan fingerprint density at radius 3 is 2.37 bits per heavy atom. The number of aliphatic carboxylic acids is 1. The molecule has 8 nitrogen and oxygen atoms in total. The van der Waals surface area contributed by atoms with Crippen LogP contribution >= 0.6 is 0 Å². The molecule has 0 saturated carbocycles. The van der Waals surface area contributed by atoms with Crippen LogP contribution in [0.15, 0.2) is 36.7 Å². The van der Waals surface area contributed by atoms with Gasteiger partial charge in [-0.25, -0.2) is 0 Å². The van der Waals surface area contributed by atoms with Gasteiger partial charge in [-0.05, 0) is 36.7 Å². The Morgan fingerprint density at radius 2 is 1.77 bits per heavy atom. The van der Waals surface area contributed by atoms with E-state index in [2.05, 4.69) is 44.1 Å². The lowest BCUT2D eigenvalue weighted by Crippen LogP contribution is -2.41. The first-order chi connectivity index (χ1) is 14.0. The molecule has 30 heavy (non-hydrogen) atoms. The van der Waals surface area contributed by atoms with Gasteiger partial charge in [0.2, 0.25) is 0 Å². The van der Waals surface area contributed by atoms with Crippen LogP contribution in [-0.2, 0) is 9.22 Å². The van der Waals surface area contributed by atoms with E-state index in [1.54, 1.807) is 35.5 Å². The van der Waals surface area contributed by atoms with Crippen LogP contribution in [0.4, 0.5) is 0 Å². The fourth-order valence-corrected chi connectivity index (χ4v) is 3.77. The van der Waals surface area contributed by atoms with Crippen LogP contribution in [0.2, 0.25) is 18.1 Å². The number of hydrogen-bond donors (Lipinski definition) is 1. The molecule has 2 aromatic rings. The Labute approximate surface area is 179 Å². The SMILES string of the molecule is CC(C)(C)[Si](C)(C)OCCCN(CCC(=O)O)C(=O)c1ccccc1-n1nccn1. The smallest absolute Gasteiger partial charge is 0.305 e. The Kier molecular flexibility index (Phi) is 7.91. The highest BCUT2D eigenvalue weighted by Crippen LogP contribution is 2.36. The minimum atomic E-state index is -1.87. The lowest BCUT2D eigenvalue weighted by Gasteiger charge is -2.36. The summed E-state index contributed by atoms with van der Waals surface area (Å²) in [5.41, 5.74) is 0.995. The van der Waals surface area contributed by atoms with Gasteiger partial charge in [0.15, 0.2) is 8.32 Å². The molecule has 0 unspecified atom stereocenters. The number of aromatic nitrogens is 3. The summed E-state index contributed by atoms with van der Waals surface area (Å²) in [6.45, 7) is 12.0. The molecule has 9 heteroatoms. The summed E-state index contributed by atoms with van der Waals surface area (Å²) in [6, 6.07) is 7.06. The number of para-hydroxylation sites is 1. The highest BCUT2D eigenvalue weighted by Gasteiger charge is 2.36. The van der Waals surface area contributed by atoms with Crippen LogP contribution in [0, 0.1) is 0 Å². The Morgan fingerprint density at radius 1 is 1.13 bits per heavy atom. The van der Waals surface area contributed by atoms with Crippen molar-refractivity contribution in [1.82, 2.24) is 19.9 Å². The average molecular weight is 433 g/mol. The lowest BCUT2D eigenvalue weighted by molar-refractivity contribution is -0.137. The zero-order chi connectivity index (χ0) is 22.4. The third kappa shape index (κ3) is 6.24. The van der Waals surface area contributed by atoms with Crippen molar-refractivity contribution in [2.75, 3.05) is 19.7 Å². The number of rotatable bonds is 10. The molecule has 1 amide bonds. The molecule has 1 N–H and O–H groups in total. The van der Waals surface area contributed by atoms with Crippen LogP contribution in [0.3, 0.4) is 0 Å². The van der Waals surface area contributed by atoms with Crippen molar-refractivity contribution in [1.29, 1.82) is 0 Å². The number of nitrogens with zero attached hydrogens (tertiary/aromatic N) is 4. The van der Waals surface area contributed by atoms with Crippen molar-refractivity contribution in [2.45, 2.75) is 51.7 Å². The van der Waals surface area contributed by atoms with E-state index >= 15 is 0 Å². The van der Waals surface area contributed by atoms with E-state index in [0.717, 1.165) is 0 Å². The van der Waals surface area contributed by atoms with Crippen molar-refractivity contribution in [3.05, 3.63) is 42.2 Å². The molecule has 0 radical (unpaired) electrons. The number of carbonyl (C=O) groups excluding carboxylic acids is 1. The van der Waals surface area contributed by atoms with Crippen LogP contribution < -0.4 is 0 Å². The normalized spacial score (nSPS) is 12.0. The van der Waals surface area contributed by atoms with Crippen LogP contribution in [0.1, 0.15) is 44.0 Å². The second-order valence-electron chi connectivity index (χ2n) is 8.73. The molecule has 0 fully saturated rings. The molecule has 0 bridgehead atoms. The monoisotopic (exact) mass is 432 g/mol. The molecular formula is C21H32N4O4Si. The molecule has 0 aliphatic rings. The molecule has 0 saturated heterocycles. The van der Waals surface area contributed by atoms with Gasteiger partial charge in [-0.15, -0.1) is 0 Å². The highest BCUT2D eigenvalue weighted by molar-refractivity contribution is 6.74. The van der Waals surface area contributed by atoms with Gasteiger partial charge >= 0.3 is 5.97 Å². The topological polar surface area (TPSA) is 97.6 Å². The molecule has 0 aliphatic carbocycles. The molecule has 2 rings (SSSR count). The van der Waals surface area contributed by atoms with Gasteiger partial charge in [0, 0.05) is 19.7 Å². The van der Waals surface area contributed by atoms with E-state index in [4.69, 9.17) is 9.53 Å². The summed E-state index contributed by atoms with van der Waals surface area (Å²) in [7, 11) is -1.87. The van der Waals surface area contributed by atoms with E-state index in [9.17, 15) is 9.59 Å². The summed E-state index contributed by atoms with van der Waals surface area (Å²) in [5.74, 6) is -1.18. The predicted octanol–water partition coefficient (Wildman–Crippen LogP) is 3.60. The second kappa shape index (κ2) is 9.99. The molecule has 164 valence electrons. The average Bonchev–Trinajstić information content (AvgIpc) is 3.20. The number of carboxylic acids is 1. The predicted molar refractivity (Wildman–Crippen MR) is 117 cm³/mol. The molecule has 1 heterocycles. The number of benzene rings is 1. The first-order valence-electron chi connectivity index (χ1n) is 10.1. The van der Waals surface area contributed by atoms with E-state index < -0.39 is 14.3 Å². The van der Waals surface area contributed by atoms with E-state index in [1.165, 1.54) is 4.80 Å². The first kappa shape index (κ1) is 23.8. The largest absolute Gasteiger partial charge is 0.481 e. The maximum atomic E-state index is 13.3. The zero-order valence-electron chi connectivity index (χ0n) is 18.5. The van der Waals surface area contributed by atoms with Crippen LogP contribution in [-0.4, -0.2) is 64.9 Å². The fraction of sp³-hybridized carbons (Fsp3) is 0.524. The molecular weight excluding hydrogens is 400 g/mol. The van der Waals surface area contributed by atoms with Crippen molar-refractivity contribution < 1.29 is 19.1 Å². The summed E-state index contributed by atoms with van der Waals surface area (Å²) in [5, 5.41) is 17.4. The number of carboxylic acid groups (broad SMARTS) is 1. The summed E-state index contributed by atoms with van der Waals surface area (Å²) >= 11 is 0. The first-order valence-corrected chi connectivity index (χ1v) is 13.0. The zero-order valence-corrected chi connectivity index (χ0v) is 19.5. The van der Waals surface area contributed by atoms with Gasteiger partial charge < -0.3 is 14.4 Å². The van der Waals surface area contributed by atoms with Crippen LogP contribution in [0.5, 0.6) is 0 Å². The molecule has 0 aliphatic heterocycles. The van der Waals surface area contributed by atoms with Gasteiger partial charge in [-0.3, -0.25) is 9.59 Å². The number of hydrogen-bond acceptors (Lipinski definition) is 5. The van der Waals surface area contributed by atoms with Gasteiger partial charge in [0.25, 0.3) is 5.91 Å². The van der Waals surface area contributed by atoms with Crippen molar-refractivity contribution in [2.24, 2.45) is 0 Å². The van der Waals surface area contributed by atoms with E-state index in [0.29, 0.717) is 30.8 Å². The second-order valence-corrected chi connectivity index (χ2v) is 13.5. The molecule has 0 atom stereocenters. The van der Waals surface area contributed by atoms with Crippen molar-refractivity contribution in [3.8, 4) is 5.69 Å². The third-order valence-corrected chi connectivity index (χ3v) is 10.0. The molecule has 1 aromatic heterocycles. The maximum Gasteiger partial charge on any atom is 0.305 e. The number of carbonyl (C=O) groups is 2. The minimum Gasteiger partial charge on any atom is -0.481 e. The Hall–Kier alpha value is -2.52.